The highest BCUT2D eigenvalue weighted by molar-refractivity contribution is 5.85. The van der Waals surface area contributed by atoms with Crippen molar-refractivity contribution in [3.63, 3.8) is 0 Å². The van der Waals surface area contributed by atoms with Gasteiger partial charge in [-0.1, -0.05) is 0 Å². The first-order valence-electron chi connectivity index (χ1n) is 6.47. The first-order chi connectivity index (χ1) is 10.2. The predicted octanol–water partition coefficient (Wildman–Crippen LogP) is -1.31. The number of imidazole rings is 2. The number of rotatable bonds is 2. The van der Waals surface area contributed by atoms with Gasteiger partial charge in [0.05, 0.1) is 12.9 Å². The molecule has 1 aliphatic heterocycles. The summed E-state index contributed by atoms with van der Waals surface area (Å²) in [6, 6.07) is 0. The number of aromatic nitrogens is 5. The first kappa shape index (κ1) is 12.7. The molecule has 3 aromatic rings. The summed E-state index contributed by atoms with van der Waals surface area (Å²) in [4.78, 5) is 12.7. The largest absolute Gasteiger partial charge is 0.394 e. The molecular formula is C12H13N5O4. The molecule has 9 heteroatoms. The third kappa shape index (κ3) is 1.69. The predicted molar refractivity (Wildman–Crippen MR) is 69.3 cm³/mol. The summed E-state index contributed by atoms with van der Waals surface area (Å²) in [5.74, 6) is 0. The third-order valence-corrected chi connectivity index (χ3v) is 3.74. The second-order valence-electron chi connectivity index (χ2n) is 4.96. The van der Waals surface area contributed by atoms with Crippen LogP contribution in [0.1, 0.15) is 6.23 Å². The van der Waals surface area contributed by atoms with Gasteiger partial charge in [0.1, 0.15) is 24.6 Å². The van der Waals surface area contributed by atoms with E-state index in [1.54, 1.807) is 23.1 Å². The Balaban J connectivity index is 1.84. The van der Waals surface area contributed by atoms with E-state index < -0.39 is 24.5 Å². The summed E-state index contributed by atoms with van der Waals surface area (Å²) in [5.41, 5.74) is 1.70. The molecule has 1 fully saturated rings. The van der Waals surface area contributed by atoms with Crippen LogP contribution in [0.2, 0.25) is 0 Å². The van der Waals surface area contributed by atoms with Crippen LogP contribution in [0.3, 0.4) is 0 Å². The molecule has 0 spiro atoms. The van der Waals surface area contributed by atoms with Gasteiger partial charge in [-0.25, -0.2) is 15.0 Å². The van der Waals surface area contributed by atoms with Gasteiger partial charge in [0.2, 0.25) is 0 Å². The zero-order valence-electron chi connectivity index (χ0n) is 10.8. The second-order valence-corrected chi connectivity index (χ2v) is 4.96. The topological polar surface area (TPSA) is 118 Å². The molecule has 3 N–H and O–H groups in total. The molecule has 110 valence electrons. The van der Waals surface area contributed by atoms with Gasteiger partial charge in [0.15, 0.2) is 23.0 Å². The molecule has 1 aliphatic rings. The molecular weight excluding hydrogens is 278 g/mol. The Morgan fingerprint density at radius 1 is 1.10 bits per heavy atom. The lowest BCUT2D eigenvalue weighted by Crippen LogP contribution is -2.33. The lowest BCUT2D eigenvalue weighted by Gasteiger charge is -2.16. The molecule has 0 aromatic carbocycles. The van der Waals surface area contributed by atoms with Crippen LogP contribution in [-0.2, 0) is 4.74 Å². The zero-order valence-corrected chi connectivity index (χ0v) is 10.8. The van der Waals surface area contributed by atoms with Gasteiger partial charge >= 0.3 is 0 Å². The average Bonchev–Trinajstić information content (AvgIpc) is 3.17. The minimum Gasteiger partial charge on any atom is -0.394 e. The molecule has 0 bridgehead atoms. The third-order valence-electron chi connectivity index (χ3n) is 3.74. The lowest BCUT2D eigenvalue weighted by atomic mass is 10.1. The molecule has 4 rings (SSSR count). The van der Waals surface area contributed by atoms with Gasteiger partial charge in [-0.05, 0) is 0 Å². The van der Waals surface area contributed by atoms with Crippen molar-refractivity contribution in [3.8, 4) is 0 Å². The fourth-order valence-corrected chi connectivity index (χ4v) is 2.64. The number of nitrogens with zero attached hydrogens (tertiary/aromatic N) is 5. The van der Waals surface area contributed by atoms with E-state index in [4.69, 9.17) is 9.84 Å². The molecule has 21 heavy (non-hydrogen) atoms. The molecule has 1 unspecified atom stereocenters. The lowest BCUT2D eigenvalue weighted by molar-refractivity contribution is -0.0511. The van der Waals surface area contributed by atoms with Crippen LogP contribution in [0.5, 0.6) is 0 Å². The maximum Gasteiger partial charge on any atom is 0.167 e. The summed E-state index contributed by atoms with van der Waals surface area (Å²) in [5, 5.41) is 29.1. The Bertz CT molecular complexity index is 799. The molecule has 0 aliphatic carbocycles. The minimum absolute atomic E-state index is 0.376. The maximum atomic E-state index is 10.1. The number of fused-ring (bicyclic) bond motifs is 3. The van der Waals surface area contributed by atoms with Gasteiger partial charge in [-0.2, -0.15) is 0 Å². The van der Waals surface area contributed by atoms with Crippen molar-refractivity contribution in [3.05, 3.63) is 25.0 Å². The molecule has 4 heterocycles. The van der Waals surface area contributed by atoms with Gasteiger partial charge in [0, 0.05) is 12.4 Å². The Labute approximate surface area is 118 Å². The second kappa shape index (κ2) is 4.46. The van der Waals surface area contributed by atoms with Crippen LogP contribution in [0.4, 0.5) is 0 Å². The van der Waals surface area contributed by atoms with Crippen LogP contribution in [0.25, 0.3) is 16.8 Å². The van der Waals surface area contributed by atoms with Crippen molar-refractivity contribution in [1.29, 1.82) is 0 Å². The van der Waals surface area contributed by atoms with Gasteiger partial charge in [-0.15, -0.1) is 0 Å². The first-order valence-corrected chi connectivity index (χ1v) is 6.47. The Morgan fingerprint density at radius 3 is 2.71 bits per heavy atom. The van der Waals surface area contributed by atoms with Crippen LogP contribution in [0, 0.1) is 0 Å². The van der Waals surface area contributed by atoms with E-state index in [1.165, 1.54) is 10.9 Å². The molecule has 1 saturated heterocycles. The fraction of sp³-hybridized carbons (Fsp3) is 0.417. The van der Waals surface area contributed by atoms with E-state index in [2.05, 4.69) is 15.0 Å². The summed E-state index contributed by atoms with van der Waals surface area (Å²) in [6.45, 7) is -0.376. The average molecular weight is 291 g/mol. The van der Waals surface area contributed by atoms with Crippen molar-refractivity contribution in [2.24, 2.45) is 0 Å². The standard InChI is InChI=1S/C12H13N5O4/c18-3-6-8(19)9(20)12(21-6)17-5-14-7-10-13-1-2-16(10)4-15-11(7)17/h1-2,4-6,8-9,12,18-20H,3H2/t6-,8?,9-,12-/m1/s1. The van der Waals surface area contributed by atoms with Crippen molar-refractivity contribution in [1.82, 2.24) is 23.9 Å². The van der Waals surface area contributed by atoms with Crippen LogP contribution in [0.15, 0.2) is 25.0 Å². The Kier molecular flexibility index (Phi) is 2.69. The number of hydrogen-bond acceptors (Lipinski definition) is 7. The number of ether oxygens (including phenoxy) is 1. The number of hydrogen-bond donors (Lipinski definition) is 3. The van der Waals surface area contributed by atoms with E-state index in [-0.39, 0.29) is 6.61 Å². The molecule has 4 atom stereocenters. The van der Waals surface area contributed by atoms with E-state index in [0.717, 1.165) is 0 Å². The highest BCUT2D eigenvalue weighted by Crippen LogP contribution is 2.31. The number of aliphatic hydroxyl groups excluding tert-OH is 3. The minimum atomic E-state index is -1.17. The van der Waals surface area contributed by atoms with Gasteiger partial charge in [0.25, 0.3) is 0 Å². The molecule has 3 aromatic heterocycles. The normalized spacial score (nSPS) is 29.7. The fourth-order valence-electron chi connectivity index (χ4n) is 2.64. The molecule has 0 amide bonds. The SMILES string of the molecule is OC[C@H]1O[C@@H](n2cnc3c2ncn2ccnc32)[C@H](O)C1O. The molecule has 9 nitrogen and oxygen atoms in total. The molecule has 0 radical (unpaired) electrons. The van der Waals surface area contributed by atoms with Crippen molar-refractivity contribution in [2.45, 2.75) is 24.5 Å². The van der Waals surface area contributed by atoms with Crippen molar-refractivity contribution >= 4 is 16.8 Å². The van der Waals surface area contributed by atoms with Crippen LogP contribution < -0.4 is 0 Å². The monoisotopic (exact) mass is 291 g/mol. The van der Waals surface area contributed by atoms with Gasteiger partial charge in [-0.3, -0.25) is 8.97 Å². The quantitative estimate of drug-likeness (QED) is 0.536. The van der Waals surface area contributed by atoms with E-state index in [1.807, 2.05) is 0 Å². The zero-order chi connectivity index (χ0) is 14.6. The van der Waals surface area contributed by atoms with E-state index in [0.29, 0.717) is 16.8 Å². The summed E-state index contributed by atoms with van der Waals surface area (Å²) >= 11 is 0. The van der Waals surface area contributed by atoms with E-state index in [9.17, 15) is 10.2 Å². The molecule has 0 saturated carbocycles. The summed E-state index contributed by atoms with van der Waals surface area (Å²) in [7, 11) is 0. The van der Waals surface area contributed by atoms with Crippen LogP contribution >= 0.6 is 0 Å². The maximum absolute atomic E-state index is 10.1. The summed E-state index contributed by atoms with van der Waals surface area (Å²) in [6.07, 6.45) is 2.45. The summed E-state index contributed by atoms with van der Waals surface area (Å²) < 4.78 is 8.76. The Morgan fingerprint density at radius 2 is 1.95 bits per heavy atom. The van der Waals surface area contributed by atoms with Crippen molar-refractivity contribution in [2.75, 3.05) is 6.61 Å². The van der Waals surface area contributed by atoms with Gasteiger partial charge < -0.3 is 20.1 Å². The van der Waals surface area contributed by atoms with Crippen LogP contribution in [-0.4, -0.2) is 64.2 Å². The Hall–Kier alpha value is -2.07. The van der Waals surface area contributed by atoms with E-state index >= 15 is 0 Å². The highest BCUT2D eigenvalue weighted by atomic mass is 16.6. The van der Waals surface area contributed by atoms with Crippen molar-refractivity contribution < 1.29 is 20.1 Å². The smallest absolute Gasteiger partial charge is 0.167 e. The highest BCUT2D eigenvalue weighted by Gasteiger charge is 2.43. The number of aliphatic hydroxyl groups is 3.